The number of epoxide rings is 1. The molecule has 1 aromatic rings. The molecule has 1 aromatic carbocycles. The summed E-state index contributed by atoms with van der Waals surface area (Å²) in [5, 5.41) is 0. The molecule has 0 aliphatic carbocycles. The van der Waals surface area contributed by atoms with Crippen molar-refractivity contribution in [2.24, 2.45) is 0 Å². The van der Waals surface area contributed by atoms with Gasteiger partial charge in [0.1, 0.15) is 5.75 Å². The van der Waals surface area contributed by atoms with E-state index in [0.717, 1.165) is 25.2 Å². The van der Waals surface area contributed by atoms with Gasteiger partial charge in [0.25, 0.3) is 0 Å². The van der Waals surface area contributed by atoms with Gasteiger partial charge in [0.15, 0.2) is 0 Å². The normalized spacial score (nSPS) is 22.2. The maximum absolute atomic E-state index is 5.90. The summed E-state index contributed by atoms with van der Waals surface area (Å²) in [4.78, 5) is 0. The first-order valence-corrected chi connectivity index (χ1v) is 8.38. The lowest BCUT2D eigenvalue weighted by Crippen LogP contribution is -2.09. The summed E-state index contributed by atoms with van der Waals surface area (Å²) in [6, 6.07) is 2.23. The molecule has 1 fully saturated rings. The van der Waals surface area contributed by atoms with Crippen LogP contribution in [-0.4, -0.2) is 18.8 Å². The molecule has 1 saturated heterocycles. The third-order valence-electron chi connectivity index (χ3n) is 4.82. The Balaban J connectivity index is 2.27. The van der Waals surface area contributed by atoms with Crippen LogP contribution in [-0.2, 0) is 4.74 Å². The van der Waals surface area contributed by atoms with Crippen LogP contribution in [0, 0.1) is 20.8 Å². The standard InChI is InChI=1S/C19H30O2/c1-7-9-20-17-10-12(3)19(14(5)13(17)4)16(8-2)11-18-15(6)21-18/h10,15-16,18H,7-9,11H2,1-6H3. The van der Waals surface area contributed by atoms with Crippen molar-refractivity contribution in [3.63, 3.8) is 0 Å². The second-order valence-electron chi connectivity index (χ2n) is 6.42. The molecule has 0 bridgehead atoms. The minimum absolute atomic E-state index is 0.452. The van der Waals surface area contributed by atoms with Gasteiger partial charge in [0, 0.05) is 0 Å². The molecule has 1 aliphatic heterocycles. The van der Waals surface area contributed by atoms with Crippen LogP contribution >= 0.6 is 0 Å². The number of rotatable bonds is 7. The molecule has 118 valence electrons. The monoisotopic (exact) mass is 290 g/mol. The van der Waals surface area contributed by atoms with E-state index in [-0.39, 0.29) is 0 Å². The summed E-state index contributed by atoms with van der Waals surface area (Å²) in [6.45, 7) is 14.1. The lowest BCUT2D eigenvalue weighted by atomic mass is 9.83. The Kier molecular flexibility index (Phi) is 5.32. The molecule has 0 amide bonds. The van der Waals surface area contributed by atoms with E-state index in [1.54, 1.807) is 0 Å². The molecule has 0 aromatic heterocycles. The molecule has 2 rings (SSSR count). The van der Waals surface area contributed by atoms with Crippen molar-refractivity contribution in [1.29, 1.82) is 0 Å². The highest BCUT2D eigenvalue weighted by atomic mass is 16.6. The molecular formula is C19H30O2. The van der Waals surface area contributed by atoms with Crippen molar-refractivity contribution >= 4 is 0 Å². The van der Waals surface area contributed by atoms with Gasteiger partial charge in [-0.25, -0.2) is 0 Å². The van der Waals surface area contributed by atoms with E-state index in [2.05, 4.69) is 47.6 Å². The third-order valence-corrected chi connectivity index (χ3v) is 4.82. The van der Waals surface area contributed by atoms with Gasteiger partial charge >= 0.3 is 0 Å². The summed E-state index contributed by atoms with van der Waals surface area (Å²) in [5.74, 6) is 1.65. The third kappa shape index (κ3) is 3.60. The van der Waals surface area contributed by atoms with Crippen molar-refractivity contribution in [3.8, 4) is 5.75 Å². The fourth-order valence-corrected chi connectivity index (χ4v) is 3.30. The molecule has 2 nitrogen and oxygen atoms in total. The van der Waals surface area contributed by atoms with Gasteiger partial charge in [0.2, 0.25) is 0 Å². The van der Waals surface area contributed by atoms with Crippen molar-refractivity contribution in [3.05, 3.63) is 28.3 Å². The summed E-state index contributed by atoms with van der Waals surface area (Å²) in [7, 11) is 0. The lowest BCUT2D eigenvalue weighted by Gasteiger charge is -2.23. The number of benzene rings is 1. The topological polar surface area (TPSA) is 21.8 Å². The predicted octanol–water partition coefficient (Wildman–Crippen LogP) is 5.07. The molecule has 3 unspecified atom stereocenters. The average molecular weight is 290 g/mol. The van der Waals surface area contributed by atoms with Crippen LogP contribution in [0.5, 0.6) is 5.75 Å². The maximum atomic E-state index is 5.90. The van der Waals surface area contributed by atoms with Crippen LogP contribution in [0.3, 0.4) is 0 Å². The van der Waals surface area contributed by atoms with Crippen molar-refractivity contribution in [2.75, 3.05) is 6.61 Å². The van der Waals surface area contributed by atoms with Crippen LogP contribution in [0.1, 0.15) is 68.2 Å². The predicted molar refractivity (Wildman–Crippen MR) is 88.4 cm³/mol. The van der Waals surface area contributed by atoms with E-state index in [1.807, 2.05) is 0 Å². The minimum Gasteiger partial charge on any atom is -0.493 e. The van der Waals surface area contributed by atoms with Gasteiger partial charge in [-0.05, 0) is 81.2 Å². The first-order chi connectivity index (χ1) is 9.99. The zero-order valence-electron chi connectivity index (χ0n) is 14.5. The highest BCUT2D eigenvalue weighted by molar-refractivity contribution is 5.49. The molecule has 0 saturated carbocycles. The molecule has 21 heavy (non-hydrogen) atoms. The molecule has 2 heteroatoms. The van der Waals surface area contributed by atoms with Crippen molar-refractivity contribution in [1.82, 2.24) is 0 Å². The Morgan fingerprint density at radius 2 is 1.86 bits per heavy atom. The molecule has 0 spiro atoms. The van der Waals surface area contributed by atoms with Crippen LogP contribution in [0.4, 0.5) is 0 Å². The summed E-state index contributed by atoms with van der Waals surface area (Å²) in [6.07, 6.45) is 4.28. The molecular weight excluding hydrogens is 260 g/mol. The highest BCUT2D eigenvalue weighted by Gasteiger charge is 2.36. The van der Waals surface area contributed by atoms with Crippen molar-refractivity contribution < 1.29 is 9.47 Å². The molecule has 1 aliphatic rings. The van der Waals surface area contributed by atoms with Crippen LogP contribution in [0.15, 0.2) is 6.07 Å². The van der Waals surface area contributed by atoms with E-state index in [1.165, 1.54) is 28.7 Å². The number of aryl methyl sites for hydroxylation is 1. The average Bonchev–Trinajstić information content (AvgIpc) is 3.15. The fraction of sp³-hybridized carbons (Fsp3) is 0.684. The van der Waals surface area contributed by atoms with E-state index >= 15 is 0 Å². The maximum Gasteiger partial charge on any atom is 0.122 e. The van der Waals surface area contributed by atoms with Gasteiger partial charge in [0.05, 0.1) is 18.8 Å². The first kappa shape index (κ1) is 16.4. The Labute approximate surface area is 129 Å². The smallest absolute Gasteiger partial charge is 0.122 e. The fourth-order valence-electron chi connectivity index (χ4n) is 3.30. The zero-order valence-corrected chi connectivity index (χ0v) is 14.5. The number of ether oxygens (including phenoxy) is 2. The van der Waals surface area contributed by atoms with Crippen LogP contribution in [0.25, 0.3) is 0 Å². The van der Waals surface area contributed by atoms with E-state index < -0.39 is 0 Å². The first-order valence-electron chi connectivity index (χ1n) is 8.38. The quantitative estimate of drug-likeness (QED) is 0.654. The number of hydrogen-bond acceptors (Lipinski definition) is 2. The van der Waals surface area contributed by atoms with E-state index in [0.29, 0.717) is 18.1 Å². The molecule has 0 radical (unpaired) electrons. The van der Waals surface area contributed by atoms with Gasteiger partial charge in [-0.2, -0.15) is 0 Å². The van der Waals surface area contributed by atoms with Crippen LogP contribution in [0.2, 0.25) is 0 Å². The van der Waals surface area contributed by atoms with Gasteiger partial charge in [-0.1, -0.05) is 13.8 Å². The van der Waals surface area contributed by atoms with Crippen LogP contribution < -0.4 is 4.74 Å². The molecule has 0 N–H and O–H groups in total. The highest BCUT2D eigenvalue weighted by Crippen LogP contribution is 2.39. The Morgan fingerprint density at radius 1 is 1.19 bits per heavy atom. The SMILES string of the molecule is CCCOc1cc(C)c(C(CC)CC2OC2C)c(C)c1C. The van der Waals surface area contributed by atoms with Crippen molar-refractivity contribution in [2.45, 2.75) is 78.9 Å². The molecule has 1 heterocycles. The summed E-state index contributed by atoms with van der Waals surface area (Å²) in [5.41, 5.74) is 5.58. The second kappa shape index (κ2) is 6.83. The molecule has 3 atom stereocenters. The second-order valence-corrected chi connectivity index (χ2v) is 6.42. The van der Waals surface area contributed by atoms with E-state index in [4.69, 9.17) is 9.47 Å². The Bertz CT molecular complexity index is 493. The zero-order chi connectivity index (χ0) is 15.6. The lowest BCUT2D eigenvalue weighted by molar-refractivity contribution is 0.314. The Hall–Kier alpha value is -1.02. The van der Waals surface area contributed by atoms with Gasteiger partial charge in [-0.3, -0.25) is 0 Å². The Morgan fingerprint density at radius 3 is 2.38 bits per heavy atom. The van der Waals surface area contributed by atoms with Gasteiger partial charge < -0.3 is 9.47 Å². The summed E-state index contributed by atoms with van der Waals surface area (Å²) >= 11 is 0. The summed E-state index contributed by atoms with van der Waals surface area (Å²) < 4.78 is 11.5. The minimum atomic E-state index is 0.452. The van der Waals surface area contributed by atoms with Gasteiger partial charge in [-0.15, -0.1) is 0 Å². The van der Waals surface area contributed by atoms with E-state index in [9.17, 15) is 0 Å². The number of hydrogen-bond donors (Lipinski definition) is 0. The largest absolute Gasteiger partial charge is 0.493 e.